The van der Waals surface area contributed by atoms with Crippen LogP contribution in [0.15, 0.2) is 67.0 Å². The zero-order valence-corrected chi connectivity index (χ0v) is 22.5. The van der Waals surface area contributed by atoms with Crippen molar-refractivity contribution in [1.29, 1.82) is 0 Å². The van der Waals surface area contributed by atoms with Gasteiger partial charge in [-0.15, -0.1) is 11.3 Å². The van der Waals surface area contributed by atoms with E-state index in [1.807, 2.05) is 18.2 Å². The second kappa shape index (κ2) is 11.7. The number of imidazole rings is 1. The number of ether oxygens (including phenoxy) is 2. The van der Waals surface area contributed by atoms with Crippen molar-refractivity contribution in [3.63, 3.8) is 0 Å². The lowest BCUT2D eigenvalue weighted by Gasteiger charge is -2.22. The second-order valence-corrected chi connectivity index (χ2v) is 10.5. The van der Waals surface area contributed by atoms with Crippen molar-refractivity contribution in [2.24, 2.45) is 0 Å². The van der Waals surface area contributed by atoms with Gasteiger partial charge in [0.15, 0.2) is 6.10 Å². The fraction of sp³-hybridized carbons (Fsp3) is 0.267. The lowest BCUT2D eigenvalue weighted by Crippen LogP contribution is -2.32. The predicted molar refractivity (Wildman–Crippen MR) is 149 cm³/mol. The van der Waals surface area contributed by atoms with Gasteiger partial charge in [0.25, 0.3) is 5.91 Å². The van der Waals surface area contributed by atoms with Gasteiger partial charge < -0.3 is 19.8 Å². The monoisotopic (exact) mass is 543 g/mol. The topological polar surface area (TPSA) is 110 Å². The third kappa shape index (κ3) is 5.63. The number of nitrogens with one attached hydrogen (secondary N) is 2. The van der Waals surface area contributed by atoms with E-state index in [9.17, 15) is 14.4 Å². The molecule has 2 aromatic carbocycles. The summed E-state index contributed by atoms with van der Waals surface area (Å²) in [7, 11) is 1.33. The number of aromatic nitrogens is 2. The first-order chi connectivity index (χ1) is 19.0. The van der Waals surface area contributed by atoms with Gasteiger partial charge in [-0.2, -0.15) is 0 Å². The minimum atomic E-state index is -1.02. The Hall–Kier alpha value is -4.24. The first-order valence-electron chi connectivity index (χ1n) is 12.9. The molecule has 2 heterocycles. The van der Waals surface area contributed by atoms with Gasteiger partial charge >= 0.3 is 11.9 Å². The molecular weight excluding hydrogens is 514 g/mol. The molecule has 200 valence electrons. The maximum absolute atomic E-state index is 13.2. The summed E-state index contributed by atoms with van der Waals surface area (Å²) < 4.78 is 10.6. The highest BCUT2D eigenvalue weighted by atomic mass is 32.1. The van der Waals surface area contributed by atoms with E-state index in [0.717, 1.165) is 28.8 Å². The van der Waals surface area contributed by atoms with Crippen LogP contribution in [-0.2, 0) is 27.1 Å². The summed E-state index contributed by atoms with van der Waals surface area (Å²) in [5.41, 5.74) is 3.73. The molecule has 0 fully saturated rings. The smallest absolute Gasteiger partial charge is 0.341 e. The van der Waals surface area contributed by atoms with E-state index < -0.39 is 23.9 Å². The predicted octanol–water partition coefficient (Wildman–Crippen LogP) is 5.77. The number of rotatable bonds is 8. The van der Waals surface area contributed by atoms with Crippen LogP contribution in [0.2, 0.25) is 0 Å². The highest BCUT2D eigenvalue weighted by Crippen LogP contribution is 2.42. The van der Waals surface area contributed by atoms with Crippen LogP contribution in [0.4, 0.5) is 5.00 Å². The van der Waals surface area contributed by atoms with E-state index in [2.05, 4.69) is 27.4 Å². The summed E-state index contributed by atoms with van der Waals surface area (Å²) in [5.74, 6) is -0.540. The summed E-state index contributed by atoms with van der Waals surface area (Å²) in [4.78, 5) is 47.1. The van der Waals surface area contributed by atoms with Crippen LogP contribution in [0.25, 0.3) is 11.4 Å². The quantitative estimate of drug-likeness (QED) is 0.273. The highest BCUT2D eigenvalue weighted by molar-refractivity contribution is 7.17. The summed E-state index contributed by atoms with van der Waals surface area (Å²) >= 11 is 1.39. The van der Waals surface area contributed by atoms with Crippen LogP contribution < -0.4 is 5.32 Å². The fourth-order valence-corrected chi connectivity index (χ4v) is 6.22. The maximum atomic E-state index is 13.2. The van der Waals surface area contributed by atoms with Gasteiger partial charge in [0.2, 0.25) is 0 Å². The highest BCUT2D eigenvalue weighted by Gasteiger charge is 2.32. The van der Waals surface area contributed by atoms with Crippen LogP contribution in [0.5, 0.6) is 0 Å². The van der Waals surface area contributed by atoms with Gasteiger partial charge in [0, 0.05) is 22.8 Å². The van der Waals surface area contributed by atoms with Crippen LogP contribution >= 0.6 is 11.3 Å². The molecule has 9 heteroatoms. The van der Waals surface area contributed by atoms with E-state index in [1.165, 1.54) is 24.0 Å². The molecule has 0 radical (unpaired) electrons. The number of esters is 2. The first kappa shape index (κ1) is 26.4. The van der Waals surface area contributed by atoms with E-state index >= 15 is 0 Å². The number of carbonyl (C=O) groups is 3. The Morgan fingerprint density at radius 3 is 2.54 bits per heavy atom. The lowest BCUT2D eigenvalue weighted by molar-refractivity contribution is -0.124. The van der Waals surface area contributed by atoms with Gasteiger partial charge in [-0.05, 0) is 54.9 Å². The largest absolute Gasteiger partial charge is 0.465 e. The molecule has 1 aliphatic carbocycles. The van der Waals surface area contributed by atoms with Crippen molar-refractivity contribution in [2.45, 2.75) is 44.6 Å². The number of anilines is 1. The van der Waals surface area contributed by atoms with Crippen LogP contribution in [0.3, 0.4) is 0 Å². The summed E-state index contributed by atoms with van der Waals surface area (Å²) in [6.45, 7) is 1.77. The van der Waals surface area contributed by atoms with Gasteiger partial charge in [0.1, 0.15) is 10.8 Å². The number of amides is 1. The van der Waals surface area contributed by atoms with Gasteiger partial charge in [-0.3, -0.25) is 4.79 Å². The molecule has 0 saturated heterocycles. The number of thiophene rings is 1. The van der Waals surface area contributed by atoms with E-state index in [-0.39, 0.29) is 6.42 Å². The fourth-order valence-electron chi connectivity index (χ4n) is 4.90. The molecule has 5 rings (SSSR count). The standard InChI is InChI=1S/C30H29N3O5S/c1-3-23(38-29(35)20-11-9-19(10-12-20)26-31-15-16-32-26)27(34)33-28-25(30(36)37-2)22-14-13-21(17-24(22)39-28)18-7-5-4-6-8-18/h4-12,15-16,21,23H,3,13-14,17H2,1-2H3,(H,31,32)(H,33,34). The normalized spacial score (nSPS) is 15.2. The Kier molecular flexibility index (Phi) is 7.88. The van der Waals surface area contributed by atoms with Crippen molar-refractivity contribution in [2.75, 3.05) is 12.4 Å². The molecule has 8 nitrogen and oxygen atoms in total. The van der Waals surface area contributed by atoms with Crippen molar-refractivity contribution in [1.82, 2.24) is 9.97 Å². The molecule has 2 atom stereocenters. The maximum Gasteiger partial charge on any atom is 0.341 e. The Morgan fingerprint density at radius 1 is 1.10 bits per heavy atom. The number of aromatic amines is 1. The molecule has 1 aliphatic rings. The number of fused-ring (bicyclic) bond motifs is 1. The molecule has 2 unspecified atom stereocenters. The number of methoxy groups -OCH3 is 1. The molecule has 0 bridgehead atoms. The lowest BCUT2D eigenvalue weighted by atomic mass is 9.83. The number of nitrogens with zero attached hydrogens (tertiary/aromatic N) is 1. The van der Waals surface area contributed by atoms with Gasteiger partial charge in [-0.1, -0.05) is 49.4 Å². The molecule has 4 aromatic rings. The molecule has 2 N–H and O–H groups in total. The zero-order valence-electron chi connectivity index (χ0n) is 21.7. The molecule has 0 aliphatic heterocycles. The number of H-pyrrole nitrogens is 1. The Labute approximate surface area is 230 Å². The Morgan fingerprint density at radius 2 is 1.87 bits per heavy atom. The van der Waals surface area contributed by atoms with Crippen LogP contribution in [0.1, 0.15) is 62.4 Å². The van der Waals surface area contributed by atoms with Gasteiger partial charge in [0.05, 0.1) is 18.2 Å². The number of benzene rings is 2. The van der Waals surface area contributed by atoms with Crippen molar-refractivity contribution < 1.29 is 23.9 Å². The summed E-state index contributed by atoms with van der Waals surface area (Å²) in [6, 6.07) is 17.1. The SMILES string of the molecule is CCC(OC(=O)c1ccc(-c2ncc[nH]2)cc1)C(=O)Nc1sc2c(c1C(=O)OC)CCC(c1ccccc1)C2. The van der Waals surface area contributed by atoms with Crippen LogP contribution in [-0.4, -0.2) is 41.0 Å². The minimum absolute atomic E-state index is 0.275. The third-order valence-electron chi connectivity index (χ3n) is 6.97. The van der Waals surface area contributed by atoms with E-state index in [0.29, 0.717) is 34.3 Å². The third-order valence-corrected chi connectivity index (χ3v) is 8.14. The Bertz CT molecular complexity index is 1460. The number of carbonyl (C=O) groups excluding carboxylic acids is 3. The first-order valence-corrected chi connectivity index (χ1v) is 13.7. The van der Waals surface area contributed by atoms with Gasteiger partial charge in [-0.25, -0.2) is 14.6 Å². The molecular formula is C30H29N3O5S. The molecule has 1 amide bonds. The van der Waals surface area contributed by atoms with Crippen LogP contribution in [0, 0.1) is 0 Å². The van der Waals surface area contributed by atoms with Crippen molar-refractivity contribution in [3.8, 4) is 11.4 Å². The average Bonchev–Trinajstić information content (AvgIpc) is 3.64. The van der Waals surface area contributed by atoms with E-state index in [4.69, 9.17) is 9.47 Å². The minimum Gasteiger partial charge on any atom is -0.465 e. The summed E-state index contributed by atoms with van der Waals surface area (Å²) in [5, 5.41) is 3.30. The van der Waals surface area contributed by atoms with Crippen molar-refractivity contribution >= 4 is 34.2 Å². The van der Waals surface area contributed by atoms with Crippen molar-refractivity contribution in [3.05, 3.63) is 94.1 Å². The average molecular weight is 544 g/mol. The molecule has 0 spiro atoms. The number of hydrogen-bond acceptors (Lipinski definition) is 7. The molecule has 39 heavy (non-hydrogen) atoms. The number of hydrogen-bond donors (Lipinski definition) is 2. The summed E-state index contributed by atoms with van der Waals surface area (Å²) in [6.07, 6.45) is 5.02. The zero-order chi connectivity index (χ0) is 27.4. The second-order valence-electron chi connectivity index (χ2n) is 9.36. The molecule has 0 saturated carbocycles. The van der Waals surface area contributed by atoms with E-state index in [1.54, 1.807) is 43.6 Å². The molecule has 2 aromatic heterocycles. The Balaban J connectivity index is 1.31.